The van der Waals surface area contributed by atoms with E-state index in [9.17, 15) is 5.11 Å². The van der Waals surface area contributed by atoms with E-state index in [1.165, 1.54) is 16.5 Å². The van der Waals surface area contributed by atoms with Crippen molar-refractivity contribution in [1.29, 1.82) is 0 Å². The number of aliphatic hydroxyl groups excluding tert-OH is 1. The van der Waals surface area contributed by atoms with Crippen LogP contribution in [0.2, 0.25) is 0 Å². The molecular formula is C17H13BrO2. The lowest BCUT2D eigenvalue weighted by Gasteiger charge is -2.14. The first kappa shape index (κ1) is 12.2. The summed E-state index contributed by atoms with van der Waals surface area (Å²) in [6, 6.07) is 12.3. The lowest BCUT2D eigenvalue weighted by Crippen LogP contribution is -2.00. The zero-order valence-corrected chi connectivity index (χ0v) is 12.4. The van der Waals surface area contributed by atoms with Crippen LogP contribution in [0, 0.1) is 0 Å². The molecule has 1 atom stereocenters. The molecular weight excluding hydrogens is 316 g/mol. The van der Waals surface area contributed by atoms with Gasteiger partial charge < -0.3 is 9.52 Å². The van der Waals surface area contributed by atoms with Gasteiger partial charge in [-0.2, -0.15) is 0 Å². The van der Waals surface area contributed by atoms with Gasteiger partial charge in [-0.3, -0.25) is 0 Å². The molecule has 4 rings (SSSR count). The summed E-state index contributed by atoms with van der Waals surface area (Å²) in [5.41, 5.74) is 4.48. The second-order valence-electron chi connectivity index (χ2n) is 5.21. The maximum Gasteiger partial charge on any atom is 0.175 e. The Labute approximate surface area is 125 Å². The third-order valence-corrected chi connectivity index (χ3v) is 4.79. The molecule has 3 aromatic rings. The number of aliphatic hydroxyl groups is 1. The van der Waals surface area contributed by atoms with E-state index >= 15 is 0 Å². The van der Waals surface area contributed by atoms with Crippen molar-refractivity contribution in [3.05, 3.63) is 69.6 Å². The minimum Gasteiger partial charge on any atom is -0.457 e. The molecule has 1 heterocycles. The van der Waals surface area contributed by atoms with Gasteiger partial charge in [0.2, 0.25) is 0 Å². The Balaban J connectivity index is 1.96. The van der Waals surface area contributed by atoms with Crippen LogP contribution in [0.15, 0.2) is 51.7 Å². The van der Waals surface area contributed by atoms with Crippen molar-refractivity contribution in [2.24, 2.45) is 0 Å². The summed E-state index contributed by atoms with van der Waals surface area (Å²) in [6.45, 7) is 0. The van der Waals surface area contributed by atoms with Gasteiger partial charge in [0.25, 0.3) is 0 Å². The third-order valence-electron chi connectivity index (χ3n) is 4.15. The Hall–Kier alpha value is -1.58. The SMILES string of the molecule is OC(c1ccoc1Br)c1ccc2c3c(cccc13)CC2. The molecule has 100 valence electrons. The van der Waals surface area contributed by atoms with Crippen molar-refractivity contribution in [2.45, 2.75) is 18.9 Å². The summed E-state index contributed by atoms with van der Waals surface area (Å²) < 4.78 is 5.83. The fourth-order valence-electron chi connectivity index (χ4n) is 3.17. The molecule has 2 nitrogen and oxygen atoms in total. The van der Waals surface area contributed by atoms with Crippen LogP contribution in [0.25, 0.3) is 10.8 Å². The van der Waals surface area contributed by atoms with Crippen LogP contribution in [0.3, 0.4) is 0 Å². The number of hydrogen-bond acceptors (Lipinski definition) is 2. The summed E-state index contributed by atoms with van der Waals surface area (Å²) in [7, 11) is 0. The monoisotopic (exact) mass is 328 g/mol. The normalized spacial score (nSPS) is 14.9. The summed E-state index contributed by atoms with van der Waals surface area (Å²) >= 11 is 3.34. The average Bonchev–Trinajstić information content (AvgIpc) is 3.07. The van der Waals surface area contributed by atoms with Crippen molar-refractivity contribution in [3.63, 3.8) is 0 Å². The minimum atomic E-state index is -0.673. The Kier molecular flexibility index (Phi) is 2.72. The number of benzene rings is 2. The van der Waals surface area contributed by atoms with E-state index in [0.717, 1.165) is 29.4 Å². The van der Waals surface area contributed by atoms with Gasteiger partial charge in [-0.15, -0.1) is 0 Å². The smallest absolute Gasteiger partial charge is 0.175 e. The first-order valence-electron chi connectivity index (χ1n) is 6.70. The fraction of sp³-hybridized carbons (Fsp3) is 0.176. The molecule has 0 bridgehead atoms. The second-order valence-corrected chi connectivity index (χ2v) is 5.93. The van der Waals surface area contributed by atoms with Crippen LogP contribution in [0.5, 0.6) is 0 Å². The molecule has 3 heteroatoms. The molecule has 2 aromatic carbocycles. The van der Waals surface area contributed by atoms with Gasteiger partial charge in [-0.25, -0.2) is 0 Å². The zero-order chi connectivity index (χ0) is 13.7. The number of furan rings is 1. The number of aryl methyl sites for hydroxylation is 2. The summed E-state index contributed by atoms with van der Waals surface area (Å²) in [4.78, 5) is 0. The molecule has 0 amide bonds. The molecule has 1 N–H and O–H groups in total. The second kappa shape index (κ2) is 4.47. The summed E-state index contributed by atoms with van der Waals surface area (Å²) in [5, 5.41) is 13.1. The first-order chi connectivity index (χ1) is 9.75. The zero-order valence-electron chi connectivity index (χ0n) is 10.8. The molecule has 1 aromatic heterocycles. The number of hydrogen-bond donors (Lipinski definition) is 1. The molecule has 1 aliphatic carbocycles. The highest BCUT2D eigenvalue weighted by Crippen LogP contribution is 2.38. The van der Waals surface area contributed by atoms with Gasteiger partial charge in [-0.05, 0) is 62.3 Å². The van der Waals surface area contributed by atoms with Gasteiger partial charge in [0, 0.05) is 5.56 Å². The summed E-state index contributed by atoms with van der Waals surface area (Å²) in [6.07, 6.45) is 3.11. The molecule has 0 aliphatic heterocycles. The van der Waals surface area contributed by atoms with Crippen LogP contribution in [-0.4, -0.2) is 5.11 Å². The quantitative estimate of drug-likeness (QED) is 0.757. The van der Waals surface area contributed by atoms with Crippen molar-refractivity contribution in [1.82, 2.24) is 0 Å². The largest absolute Gasteiger partial charge is 0.457 e. The van der Waals surface area contributed by atoms with E-state index in [1.807, 2.05) is 6.07 Å². The summed E-state index contributed by atoms with van der Waals surface area (Å²) in [5.74, 6) is 0. The van der Waals surface area contributed by atoms with Gasteiger partial charge in [0.15, 0.2) is 4.67 Å². The Morgan fingerprint density at radius 3 is 2.55 bits per heavy atom. The van der Waals surface area contributed by atoms with E-state index in [2.05, 4.69) is 40.2 Å². The van der Waals surface area contributed by atoms with E-state index in [0.29, 0.717) is 4.67 Å². The van der Waals surface area contributed by atoms with Gasteiger partial charge in [-0.1, -0.05) is 30.3 Å². The molecule has 0 spiro atoms. The highest BCUT2D eigenvalue weighted by atomic mass is 79.9. The van der Waals surface area contributed by atoms with Crippen LogP contribution < -0.4 is 0 Å². The van der Waals surface area contributed by atoms with Crippen molar-refractivity contribution in [2.75, 3.05) is 0 Å². The van der Waals surface area contributed by atoms with Crippen molar-refractivity contribution < 1.29 is 9.52 Å². The average molecular weight is 329 g/mol. The topological polar surface area (TPSA) is 33.4 Å². The maximum atomic E-state index is 10.7. The first-order valence-corrected chi connectivity index (χ1v) is 7.49. The highest BCUT2D eigenvalue weighted by Gasteiger charge is 2.22. The molecule has 0 fully saturated rings. The van der Waals surface area contributed by atoms with E-state index in [-0.39, 0.29) is 0 Å². The molecule has 1 aliphatic rings. The Bertz CT molecular complexity index is 794. The third kappa shape index (κ3) is 1.67. The molecule has 20 heavy (non-hydrogen) atoms. The lowest BCUT2D eigenvalue weighted by atomic mass is 9.94. The molecule has 1 unspecified atom stereocenters. The fourth-order valence-corrected chi connectivity index (χ4v) is 3.63. The lowest BCUT2D eigenvalue weighted by molar-refractivity contribution is 0.219. The number of halogens is 1. The Morgan fingerprint density at radius 1 is 1.00 bits per heavy atom. The van der Waals surface area contributed by atoms with Gasteiger partial charge in [0.05, 0.1) is 6.26 Å². The predicted octanol–water partition coefficient (Wildman–Crippen LogP) is 4.38. The number of rotatable bonds is 2. The predicted molar refractivity (Wildman–Crippen MR) is 81.8 cm³/mol. The Morgan fingerprint density at radius 2 is 1.80 bits per heavy atom. The van der Waals surface area contributed by atoms with E-state index in [4.69, 9.17) is 4.42 Å². The van der Waals surface area contributed by atoms with Gasteiger partial charge >= 0.3 is 0 Å². The van der Waals surface area contributed by atoms with E-state index in [1.54, 1.807) is 12.3 Å². The van der Waals surface area contributed by atoms with Crippen molar-refractivity contribution >= 4 is 26.7 Å². The standard InChI is InChI=1S/C17H13BrO2/c18-17-14(8-9-20-17)16(19)13-7-6-11-5-4-10-2-1-3-12(13)15(10)11/h1-3,6-9,16,19H,4-5H2. The van der Waals surface area contributed by atoms with E-state index < -0.39 is 6.10 Å². The molecule has 0 saturated carbocycles. The molecule has 0 radical (unpaired) electrons. The van der Waals surface area contributed by atoms with Crippen molar-refractivity contribution in [3.8, 4) is 0 Å². The van der Waals surface area contributed by atoms with Gasteiger partial charge in [0.1, 0.15) is 6.10 Å². The van der Waals surface area contributed by atoms with Crippen LogP contribution in [0.4, 0.5) is 0 Å². The van der Waals surface area contributed by atoms with Crippen LogP contribution >= 0.6 is 15.9 Å². The molecule has 0 saturated heterocycles. The highest BCUT2D eigenvalue weighted by molar-refractivity contribution is 9.10. The van der Waals surface area contributed by atoms with Crippen LogP contribution in [0.1, 0.15) is 28.4 Å². The maximum absolute atomic E-state index is 10.7. The van der Waals surface area contributed by atoms with Crippen LogP contribution in [-0.2, 0) is 12.8 Å². The minimum absolute atomic E-state index is 0.591.